The van der Waals surface area contributed by atoms with E-state index in [1.807, 2.05) is 35.1 Å². The highest BCUT2D eigenvalue weighted by Crippen LogP contribution is 2.48. The smallest absolute Gasteiger partial charge is 0.124 e. The van der Waals surface area contributed by atoms with E-state index in [2.05, 4.69) is 382 Å². The van der Waals surface area contributed by atoms with Crippen LogP contribution in [0.4, 0.5) is 0 Å². The molecule has 6 heterocycles. The first-order chi connectivity index (χ1) is 58.0. The van der Waals surface area contributed by atoms with Crippen molar-refractivity contribution in [3.05, 3.63) is 395 Å². The van der Waals surface area contributed by atoms with Gasteiger partial charge in [0.1, 0.15) is 4.83 Å². The third kappa shape index (κ3) is 10.9. The summed E-state index contributed by atoms with van der Waals surface area (Å²) in [5.74, 6) is 0. The van der Waals surface area contributed by atoms with E-state index in [1.54, 1.807) is 11.3 Å². The molecule has 542 valence electrons. The summed E-state index contributed by atoms with van der Waals surface area (Å²) in [4.78, 5) is 16.3. The Labute approximate surface area is 684 Å². The fraction of sp³-hybridized carbons (Fsp3) is 0. The lowest BCUT2D eigenvalue weighted by molar-refractivity contribution is 1.37. The summed E-state index contributed by atoms with van der Waals surface area (Å²) in [6.45, 7) is 0. The number of nitrogens with zero attached hydrogens (tertiary/aromatic N) is 3. The molecule has 0 unspecified atom stereocenters. The molecule has 6 aromatic heterocycles. The van der Waals surface area contributed by atoms with E-state index in [0.717, 1.165) is 38.6 Å². The topological polar surface area (TPSA) is 38.7 Å². The fourth-order valence-electron chi connectivity index (χ4n) is 18.8. The monoisotopic (exact) mass is 1540 g/mol. The largest absolute Gasteiger partial charge is 0.255 e. The van der Waals surface area contributed by atoms with Gasteiger partial charge in [-0.15, -0.1) is 34.0 Å². The summed E-state index contributed by atoms with van der Waals surface area (Å²) >= 11 is 5.43. The van der Waals surface area contributed by atoms with E-state index in [4.69, 9.17) is 15.0 Å². The standard InChI is InChI=1S/C47H27NS.C35H21NS.C29H17NS/c1-3-15-34-30(11-1)32-13-5-7-17-36(32)41-25-28(21-23-38(34)41)44-27-43-40-19-9-10-20-45(40)49-47(43)46(48-44)29-22-24-39-35-16-4-2-12-31(35)33-14-6-8-18-37(33)42(39)26-29;1-2-12-28-26(10-1)27-11-3-4-13-29(27)32-19-24(16-17-30(28)32)22-8-7-9-23(18-22)25-20-33-31-14-5-6-15-34(31)37-35(33)36-21-25;1-2-9-21-19(7-1)20-8-3-4-10-22(20)26-17-18(13-14-23(21)26)28-29-25(15-16-30-28)24-11-5-6-12-27(24)31-29/h1-27H;1-21H;1-17H. The Morgan fingerprint density at radius 2 is 0.453 bits per heavy atom. The molecule has 117 heavy (non-hydrogen) atoms. The van der Waals surface area contributed by atoms with Gasteiger partial charge in [0.05, 0.1) is 26.5 Å². The van der Waals surface area contributed by atoms with E-state index in [1.165, 1.54) is 207 Å². The normalized spacial score (nSPS) is 11.9. The van der Waals surface area contributed by atoms with Gasteiger partial charge in [0.25, 0.3) is 0 Å². The zero-order chi connectivity index (χ0) is 76.8. The van der Waals surface area contributed by atoms with Crippen molar-refractivity contribution in [1.82, 2.24) is 15.0 Å². The van der Waals surface area contributed by atoms with Crippen LogP contribution in [0.15, 0.2) is 395 Å². The summed E-state index contributed by atoms with van der Waals surface area (Å²) in [7, 11) is 0. The van der Waals surface area contributed by atoms with Crippen molar-refractivity contribution < 1.29 is 0 Å². The first kappa shape index (κ1) is 67.2. The number of aromatic nitrogens is 3. The lowest BCUT2D eigenvalue weighted by Gasteiger charge is -2.14. The molecule has 20 aromatic carbocycles. The predicted molar refractivity (Wildman–Crippen MR) is 509 cm³/mol. The maximum absolute atomic E-state index is 5.55. The van der Waals surface area contributed by atoms with Gasteiger partial charge in [-0.1, -0.05) is 315 Å². The van der Waals surface area contributed by atoms with E-state index >= 15 is 0 Å². The number of pyridine rings is 3. The highest BCUT2D eigenvalue weighted by atomic mass is 32.1. The molecule has 0 bridgehead atoms. The summed E-state index contributed by atoms with van der Waals surface area (Å²) in [5.41, 5.74) is 11.3. The van der Waals surface area contributed by atoms with Crippen molar-refractivity contribution in [3.8, 4) is 56.0 Å². The van der Waals surface area contributed by atoms with Gasteiger partial charge in [-0.05, 0) is 213 Å². The van der Waals surface area contributed by atoms with Gasteiger partial charge >= 0.3 is 0 Å². The van der Waals surface area contributed by atoms with Gasteiger partial charge in [-0.3, -0.25) is 4.98 Å². The second-order valence-corrected chi connectivity index (χ2v) is 33.8. The second-order valence-electron chi connectivity index (χ2n) is 30.6. The third-order valence-electron chi connectivity index (χ3n) is 24.2. The number of hydrogen-bond acceptors (Lipinski definition) is 6. The molecule has 0 atom stereocenters. The van der Waals surface area contributed by atoms with E-state index < -0.39 is 0 Å². The first-order valence-corrected chi connectivity index (χ1v) is 42.3. The Morgan fingerprint density at radius 1 is 0.162 bits per heavy atom. The molecule has 0 aliphatic heterocycles. The number of benzene rings is 20. The minimum atomic E-state index is 0.994. The number of rotatable bonds is 5. The average molecular weight is 1540 g/mol. The van der Waals surface area contributed by atoms with Crippen LogP contribution >= 0.6 is 34.0 Å². The Bertz CT molecular complexity index is 8540. The van der Waals surface area contributed by atoms with Crippen molar-refractivity contribution in [2.75, 3.05) is 0 Å². The van der Waals surface area contributed by atoms with Crippen molar-refractivity contribution in [1.29, 1.82) is 0 Å². The number of fused-ring (bicyclic) bond motifs is 33. The molecule has 0 fully saturated rings. The molecule has 0 saturated carbocycles. The van der Waals surface area contributed by atoms with Crippen LogP contribution in [-0.4, -0.2) is 15.0 Å². The molecule has 0 radical (unpaired) electrons. The van der Waals surface area contributed by atoms with Crippen LogP contribution in [0.1, 0.15) is 0 Å². The third-order valence-corrected chi connectivity index (χ3v) is 27.7. The molecule has 0 N–H and O–H groups in total. The molecule has 3 nitrogen and oxygen atoms in total. The summed E-state index contributed by atoms with van der Waals surface area (Å²) in [6, 6.07) is 139. The van der Waals surface area contributed by atoms with Gasteiger partial charge in [0.15, 0.2) is 0 Å². The first-order valence-electron chi connectivity index (χ1n) is 39.8. The molecule has 0 saturated heterocycles. The zero-order valence-electron chi connectivity index (χ0n) is 63.1. The Kier molecular flexibility index (Phi) is 15.6. The van der Waals surface area contributed by atoms with Crippen LogP contribution in [0.2, 0.25) is 0 Å². The SMILES string of the molecule is c1cc(-c2cnc3sc4ccccc4c3c2)cc(-c2ccc3c4ccccc4c4ccccc4c3c2)c1.c1ccc2c(c1)sc1c(-c3ccc4c5ccccc5c5ccccc5c4c3)nc(-c3ccc4c5ccccc5c5ccccc5c4c3)cc12.c1ccc2c(c1)sc1c(-c3ccc4c5ccccc5c5ccccc5c4c3)nccc12. The number of thiophene rings is 3. The highest BCUT2D eigenvalue weighted by Gasteiger charge is 2.21. The minimum absolute atomic E-state index is 0.994. The molecule has 26 aromatic rings. The summed E-state index contributed by atoms with van der Waals surface area (Å²) in [6.07, 6.45) is 3.95. The number of hydrogen-bond donors (Lipinski definition) is 0. The molecule has 0 spiro atoms. The van der Waals surface area contributed by atoms with Crippen molar-refractivity contribution in [2.45, 2.75) is 0 Å². The molecule has 0 amide bonds. The van der Waals surface area contributed by atoms with Crippen LogP contribution in [0.25, 0.3) is 246 Å². The van der Waals surface area contributed by atoms with Gasteiger partial charge in [0.2, 0.25) is 0 Å². The average Bonchev–Trinajstić information content (AvgIpc) is 1.05. The molecule has 6 heteroatoms. The van der Waals surface area contributed by atoms with Gasteiger partial charge in [-0.2, -0.15) is 0 Å². The van der Waals surface area contributed by atoms with Crippen LogP contribution < -0.4 is 0 Å². The highest BCUT2D eigenvalue weighted by molar-refractivity contribution is 7.27. The Balaban J connectivity index is 0.000000103. The predicted octanol–water partition coefficient (Wildman–Crippen LogP) is 32.5. The molecule has 0 aliphatic rings. The summed E-state index contributed by atoms with van der Waals surface area (Å²) < 4.78 is 6.36. The molecule has 0 aliphatic carbocycles. The maximum Gasteiger partial charge on any atom is 0.124 e. The second kappa shape index (κ2) is 27.2. The van der Waals surface area contributed by atoms with Crippen molar-refractivity contribution in [2.24, 2.45) is 0 Å². The van der Waals surface area contributed by atoms with Gasteiger partial charge in [-0.25, -0.2) is 9.97 Å². The van der Waals surface area contributed by atoms with Crippen molar-refractivity contribution >= 4 is 224 Å². The van der Waals surface area contributed by atoms with Gasteiger partial charge < -0.3 is 0 Å². The fourth-order valence-corrected chi connectivity index (χ4v) is 22.3. The lowest BCUT2D eigenvalue weighted by atomic mass is 9.91. The van der Waals surface area contributed by atoms with Gasteiger partial charge in [0, 0.05) is 81.1 Å². The Hall–Kier alpha value is -14.4. The lowest BCUT2D eigenvalue weighted by Crippen LogP contribution is -1.91. The molecular formula is C111H65N3S3. The minimum Gasteiger partial charge on any atom is -0.255 e. The van der Waals surface area contributed by atoms with E-state index in [9.17, 15) is 0 Å². The van der Waals surface area contributed by atoms with Crippen LogP contribution in [-0.2, 0) is 0 Å². The van der Waals surface area contributed by atoms with E-state index in [0.29, 0.717) is 0 Å². The van der Waals surface area contributed by atoms with Crippen LogP contribution in [0, 0.1) is 0 Å². The quantitative estimate of drug-likeness (QED) is 0.161. The van der Waals surface area contributed by atoms with Crippen molar-refractivity contribution in [3.63, 3.8) is 0 Å². The maximum atomic E-state index is 5.55. The zero-order valence-corrected chi connectivity index (χ0v) is 65.5. The molecular weight excluding hydrogens is 1470 g/mol. The van der Waals surface area contributed by atoms with Crippen LogP contribution in [0.5, 0.6) is 0 Å². The van der Waals surface area contributed by atoms with Crippen LogP contribution in [0.3, 0.4) is 0 Å². The summed E-state index contributed by atoms with van der Waals surface area (Å²) in [5, 5.41) is 38.6. The molecule has 26 rings (SSSR count). The van der Waals surface area contributed by atoms with E-state index in [-0.39, 0.29) is 0 Å². The Morgan fingerprint density at radius 3 is 0.880 bits per heavy atom.